The van der Waals surface area contributed by atoms with Gasteiger partial charge in [0.1, 0.15) is 6.10 Å². The highest BCUT2D eigenvalue weighted by molar-refractivity contribution is 5.69. The van der Waals surface area contributed by atoms with Gasteiger partial charge in [0, 0.05) is 13.1 Å². The Labute approximate surface area is 109 Å². The summed E-state index contributed by atoms with van der Waals surface area (Å²) >= 11 is 0. The van der Waals surface area contributed by atoms with Crippen molar-refractivity contribution in [2.24, 2.45) is 5.92 Å². The second-order valence-corrected chi connectivity index (χ2v) is 5.38. The zero-order valence-corrected chi connectivity index (χ0v) is 11.3. The summed E-state index contributed by atoms with van der Waals surface area (Å²) in [6.45, 7) is 8.22. The molecule has 0 saturated carbocycles. The topological polar surface area (TPSA) is 53.6 Å². The van der Waals surface area contributed by atoms with Gasteiger partial charge in [0.15, 0.2) is 0 Å². The highest BCUT2D eigenvalue weighted by Gasteiger charge is 2.26. The summed E-state index contributed by atoms with van der Waals surface area (Å²) in [5.74, 6) is 0.746. The first kappa shape index (κ1) is 13.6. The Bertz CT molecular complexity index is 267. The van der Waals surface area contributed by atoms with Crippen LogP contribution in [-0.4, -0.2) is 56.4 Å². The molecule has 5 heteroatoms. The van der Waals surface area contributed by atoms with Crippen molar-refractivity contribution in [1.29, 1.82) is 0 Å². The molecule has 0 aromatic carbocycles. The number of ether oxygens (including phenoxy) is 1. The molecule has 2 N–H and O–H groups in total. The molecule has 0 aromatic heterocycles. The number of amides is 1. The molecule has 5 nitrogen and oxygen atoms in total. The number of hydrogen-bond donors (Lipinski definition) is 2. The molecule has 1 amide bonds. The van der Waals surface area contributed by atoms with Gasteiger partial charge < -0.3 is 15.4 Å². The van der Waals surface area contributed by atoms with E-state index in [0.717, 1.165) is 45.1 Å². The first-order chi connectivity index (χ1) is 8.78. The van der Waals surface area contributed by atoms with Crippen LogP contribution in [0.15, 0.2) is 0 Å². The highest BCUT2D eigenvalue weighted by atomic mass is 16.6. The molecule has 104 valence electrons. The lowest BCUT2D eigenvalue weighted by molar-refractivity contribution is 0.0988. The minimum absolute atomic E-state index is 0.0283. The Kier molecular flexibility index (Phi) is 5.26. The minimum atomic E-state index is -0.268. The summed E-state index contributed by atoms with van der Waals surface area (Å²) < 4.78 is 5.22. The molecule has 18 heavy (non-hydrogen) atoms. The van der Waals surface area contributed by atoms with E-state index in [9.17, 15) is 4.79 Å². The lowest BCUT2D eigenvalue weighted by Gasteiger charge is -2.30. The number of carbonyl (C=O) groups excluding carboxylic acids is 1. The number of nitrogens with zero attached hydrogens (tertiary/aromatic N) is 1. The van der Waals surface area contributed by atoms with Crippen molar-refractivity contribution in [3.63, 3.8) is 0 Å². The number of nitrogens with one attached hydrogen (secondary N) is 2. The van der Waals surface area contributed by atoms with E-state index in [4.69, 9.17) is 4.74 Å². The van der Waals surface area contributed by atoms with Gasteiger partial charge in [-0.2, -0.15) is 0 Å². The largest absolute Gasteiger partial charge is 0.443 e. The van der Waals surface area contributed by atoms with E-state index in [2.05, 4.69) is 22.5 Å². The molecule has 0 aromatic rings. The molecule has 2 heterocycles. The molecule has 2 atom stereocenters. The fraction of sp³-hybridized carbons (Fsp3) is 0.923. The molecule has 2 rings (SSSR count). The molecule has 2 unspecified atom stereocenters. The third-order valence-electron chi connectivity index (χ3n) is 3.66. The maximum Gasteiger partial charge on any atom is 0.407 e. The Hall–Kier alpha value is -0.810. The van der Waals surface area contributed by atoms with Crippen molar-refractivity contribution in [3.05, 3.63) is 0 Å². The van der Waals surface area contributed by atoms with Gasteiger partial charge in [0.2, 0.25) is 0 Å². The van der Waals surface area contributed by atoms with Crippen LogP contribution in [0.25, 0.3) is 0 Å². The van der Waals surface area contributed by atoms with Crippen LogP contribution in [0.2, 0.25) is 0 Å². The van der Waals surface area contributed by atoms with Crippen molar-refractivity contribution in [2.45, 2.75) is 32.3 Å². The fourth-order valence-electron chi connectivity index (χ4n) is 2.84. The quantitative estimate of drug-likeness (QED) is 0.737. The molecule has 0 spiro atoms. The van der Waals surface area contributed by atoms with E-state index < -0.39 is 0 Å². The predicted octanol–water partition coefficient (Wildman–Crippen LogP) is 0.806. The SMILES string of the molecule is CCCN(CC1CCCNC1)CC1CNC(=O)O1. The molecule has 0 aliphatic carbocycles. The minimum Gasteiger partial charge on any atom is -0.443 e. The van der Waals surface area contributed by atoms with Crippen molar-refractivity contribution in [2.75, 3.05) is 39.3 Å². The summed E-state index contributed by atoms with van der Waals surface area (Å²) in [5, 5.41) is 6.18. The van der Waals surface area contributed by atoms with E-state index in [0.29, 0.717) is 6.54 Å². The van der Waals surface area contributed by atoms with Gasteiger partial charge in [0.05, 0.1) is 6.54 Å². The molecular weight excluding hydrogens is 230 g/mol. The lowest BCUT2D eigenvalue weighted by Crippen LogP contribution is -2.42. The summed E-state index contributed by atoms with van der Waals surface area (Å²) in [7, 11) is 0. The van der Waals surface area contributed by atoms with Crippen LogP contribution in [0.4, 0.5) is 4.79 Å². The van der Waals surface area contributed by atoms with Crippen LogP contribution in [0, 0.1) is 5.92 Å². The normalized spacial score (nSPS) is 28.2. The van der Waals surface area contributed by atoms with E-state index in [1.54, 1.807) is 0 Å². The standard InChI is InChI=1S/C13H25N3O2/c1-2-6-16(9-11-4-3-5-14-7-11)10-12-8-15-13(17)18-12/h11-12,14H,2-10H2,1H3,(H,15,17). The van der Waals surface area contributed by atoms with Crippen LogP contribution in [0.5, 0.6) is 0 Å². The first-order valence-electron chi connectivity index (χ1n) is 7.15. The van der Waals surface area contributed by atoms with Crippen molar-refractivity contribution < 1.29 is 9.53 Å². The Morgan fingerprint density at radius 1 is 1.39 bits per heavy atom. The third kappa shape index (κ3) is 4.14. The van der Waals surface area contributed by atoms with Gasteiger partial charge in [-0.3, -0.25) is 4.90 Å². The van der Waals surface area contributed by atoms with E-state index in [1.807, 2.05) is 0 Å². The zero-order valence-electron chi connectivity index (χ0n) is 11.3. The van der Waals surface area contributed by atoms with Crippen LogP contribution < -0.4 is 10.6 Å². The summed E-state index contributed by atoms with van der Waals surface area (Å²) in [6, 6.07) is 0. The molecule has 0 bridgehead atoms. The van der Waals surface area contributed by atoms with Gasteiger partial charge in [-0.05, 0) is 44.8 Å². The summed E-state index contributed by atoms with van der Waals surface area (Å²) in [6.07, 6.45) is 3.51. The monoisotopic (exact) mass is 255 g/mol. The average molecular weight is 255 g/mol. The molecule has 0 radical (unpaired) electrons. The summed E-state index contributed by atoms with van der Waals surface area (Å²) in [5.41, 5.74) is 0. The number of rotatable bonds is 6. The van der Waals surface area contributed by atoms with Crippen LogP contribution in [0.3, 0.4) is 0 Å². The maximum atomic E-state index is 11.0. The maximum absolute atomic E-state index is 11.0. The molecule has 2 aliphatic rings. The molecule has 2 fully saturated rings. The molecular formula is C13H25N3O2. The smallest absolute Gasteiger partial charge is 0.407 e. The second kappa shape index (κ2) is 6.95. The Morgan fingerprint density at radius 3 is 2.89 bits per heavy atom. The summed E-state index contributed by atoms with van der Waals surface area (Å²) in [4.78, 5) is 13.5. The number of piperidine rings is 1. The van der Waals surface area contributed by atoms with Crippen molar-refractivity contribution in [1.82, 2.24) is 15.5 Å². The van der Waals surface area contributed by atoms with Gasteiger partial charge >= 0.3 is 6.09 Å². The fourth-order valence-corrected chi connectivity index (χ4v) is 2.84. The second-order valence-electron chi connectivity index (χ2n) is 5.38. The van der Waals surface area contributed by atoms with Gasteiger partial charge in [-0.1, -0.05) is 6.92 Å². The van der Waals surface area contributed by atoms with E-state index in [1.165, 1.54) is 12.8 Å². The molecule has 2 saturated heterocycles. The third-order valence-corrected chi connectivity index (χ3v) is 3.66. The van der Waals surface area contributed by atoms with Crippen LogP contribution in [-0.2, 0) is 4.74 Å². The molecule has 2 aliphatic heterocycles. The van der Waals surface area contributed by atoms with E-state index in [-0.39, 0.29) is 12.2 Å². The van der Waals surface area contributed by atoms with Crippen molar-refractivity contribution >= 4 is 6.09 Å². The van der Waals surface area contributed by atoms with Crippen molar-refractivity contribution in [3.8, 4) is 0 Å². The van der Waals surface area contributed by atoms with Gasteiger partial charge in [-0.25, -0.2) is 4.79 Å². The van der Waals surface area contributed by atoms with E-state index >= 15 is 0 Å². The number of carbonyl (C=O) groups is 1. The Morgan fingerprint density at radius 2 is 2.28 bits per heavy atom. The number of hydrogen-bond acceptors (Lipinski definition) is 4. The number of cyclic esters (lactones) is 1. The lowest BCUT2D eigenvalue weighted by atomic mass is 9.99. The van der Waals surface area contributed by atoms with Crippen LogP contribution >= 0.6 is 0 Å². The Balaban J connectivity index is 1.77. The zero-order chi connectivity index (χ0) is 12.8. The van der Waals surface area contributed by atoms with Crippen LogP contribution in [0.1, 0.15) is 26.2 Å². The average Bonchev–Trinajstić information content (AvgIpc) is 2.76. The highest BCUT2D eigenvalue weighted by Crippen LogP contribution is 2.13. The van der Waals surface area contributed by atoms with Gasteiger partial charge in [-0.15, -0.1) is 0 Å². The first-order valence-corrected chi connectivity index (χ1v) is 7.15. The predicted molar refractivity (Wildman–Crippen MR) is 70.6 cm³/mol. The van der Waals surface area contributed by atoms with Gasteiger partial charge in [0.25, 0.3) is 0 Å². The number of alkyl carbamates (subject to hydrolysis) is 1.